The molecule has 0 saturated carbocycles. The summed E-state index contributed by atoms with van der Waals surface area (Å²) in [6.45, 7) is 1.91. The molecule has 0 unspecified atom stereocenters. The van der Waals surface area contributed by atoms with Crippen LogP contribution >= 0.6 is 0 Å². The fourth-order valence-electron chi connectivity index (χ4n) is 2.89. The molecule has 0 amide bonds. The minimum Gasteiger partial charge on any atom is -0.359 e. The molecule has 1 saturated heterocycles. The van der Waals surface area contributed by atoms with Crippen LogP contribution in [0.15, 0.2) is 23.0 Å². The molecule has 2 aromatic heterocycles. The highest BCUT2D eigenvalue weighted by Gasteiger charge is 2.31. The standard InChI is InChI=1S/C15H20F3N5O/c1-21-9-12(8-19-21)14-7-13(24-20-14)10-22-3-2-4-23(6-5-22)11-15(16,17)18/h7-9H,2-6,10-11H2,1H3. The maximum Gasteiger partial charge on any atom is 0.401 e. The molecule has 1 aliphatic heterocycles. The summed E-state index contributed by atoms with van der Waals surface area (Å²) in [5.74, 6) is 0.707. The van der Waals surface area contributed by atoms with Gasteiger partial charge < -0.3 is 4.52 Å². The third kappa shape index (κ3) is 4.57. The van der Waals surface area contributed by atoms with E-state index in [0.29, 0.717) is 44.1 Å². The zero-order valence-electron chi connectivity index (χ0n) is 13.5. The highest BCUT2D eigenvalue weighted by molar-refractivity contribution is 5.56. The average molecular weight is 343 g/mol. The average Bonchev–Trinajstić information content (AvgIpc) is 3.06. The van der Waals surface area contributed by atoms with Crippen LogP contribution in [0.4, 0.5) is 13.2 Å². The van der Waals surface area contributed by atoms with E-state index in [9.17, 15) is 13.2 Å². The van der Waals surface area contributed by atoms with Gasteiger partial charge in [-0.25, -0.2) is 0 Å². The van der Waals surface area contributed by atoms with Gasteiger partial charge in [-0.3, -0.25) is 14.5 Å². The van der Waals surface area contributed by atoms with Crippen LogP contribution in [0, 0.1) is 0 Å². The van der Waals surface area contributed by atoms with Crippen molar-refractivity contribution in [2.45, 2.75) is 19.1 Å². The van der Waals surface area contributed by atoms with E-state index in [4.69, 9.17) is 4.52 Å². The van der Waals surface area contributed by atoms with Crippen molar-refractivity contribution < 1.29 is 17.7 Å². The first-order valence-corrected chi connectivity index (χ1v) is 7.85. The van der Waals surface area contributed by atoms with Crippen LogP contribution in [0.25, 0.3) is 11.3 Å². The van der Waals surface area contributed by atoms with E-state index >= 15 is 0 Å². The topological polar surface area (TPSA) is 50.3 Å². The monoisotopic (exact) mass is 343 g/mol. The quantitative estimate of drug-likeness (QED) is 0.851. The molecule has 2 aromatic rings. The Kier molecular flexibility index (Phi) is 4.91. The van der Waals surface area contributed by atoms with Gasteiger partial charge in [0.25, 0.3) is 0 Å². The molecule has 132 valence electrons. The smallest absolute Gasteiger partial charge is 0.359 e. The van der Waals surface area contributed by atoms with Crippen molar-refractivity contribution in [3.05, 3.63) is 24.2 Å². The number of nitrogens with zero attached hydrogens (tertiary/aromatic N) is 5. The molecule has 0 spiro atoms. The van der Waals surface area contributed by atoms with Crippen LogP contribution in [0.2, 0.25) is 0 Å². The molecular formula is C15H20F3N5O. The van der Waals surface area contributed by atoms with Gasteiger partial charge in [0.2, 0.25) is 0 Å². The van der Waals surface area contributed by atoms with Crippen LogP contribution < -0.4 is 0 Å². The molecule has 6 nitrogen and oxygen atoms in total. The van der Waals surface area contributed by atoms with E-state index in [0.717, 1.165) is 12.1 Å². The lowest BCUT2D eigenvalue weighted by Gasteiger charge is -2.22. The number of aryl methyl sites for hydroxylation is 1. The number of aromatic nitrogens is 3. The summed E-state index contributed by atoms with van der Waals surface area (Å²) in [4.78, 5) is 3.56. The fraction of sp³-hybridized carbons (Fsp3) is 0.600. The van der Waals surface area contributed by atoms with Gasteiger partial charge in [0, 0.05) is 38.0 Å². The second kappa shape index (κ2) is 6.94. The summed E-state index contributed by atoms with van der Waals surface area (Å²) >= 11 is 0. The highest BCUT2D eigenvalue weighted by Crippen LogP contribution is 2.20. The van der Waals surface area contributed by atoms with Gasteiger partial charge in [0.1, 0.15) is 5.69 Å². The Morgan fingerprint density at radius 2 is 1.92 bits per heavy atom. The first kappa shape index (κ1) is 17.0. The fourth-order valence-corrected chi connectivity index (χ4v) is 2.89. The number of hydrogen-bond donors (Lipinski definition) is 0. The Hall–Kier alpha value is -1.87. The van der Waals surface area contributed by atoms with Crippen molar-refractivity contribution in [1.82, 2.24) is 24.7 Å². The second-order valence-corrected chi connectivity index (χ2v) is 6.10. The first-order valence-electron chi connectivity index (χ1n) is 7.85. The highest BCUT2D eigenvalue weighted by atomic mass is 19.4. The van der Waals surface area contributed by atoms with Crippen LogP contribution in [-0.2, 0) is 13.6 Å². The molecule has 0 radical (unpaired) electrons. The number of halogens is 3. The van der Waals surface area contributed by atoms with E-state index in [-0.39, 0.29) is 0 Å². The normalized spacial score (nSPS) is 18.0. The molecule has 3 rings (SSSR count). The lowest BCUT2D eigenvalue weighted by Crippen LogP contribution is -2.37. The Morgan fingerprint density at radius 1 is 1.17 bits per heavy atom. The lowest BCUT2D eigenvalue weighted by atomic mass is 10.2. The summed E-state index contributed by atoms with van der Waals surface area (Å²) < 4.78 is 44.5. The van der Waals surface area contributed by atoms with Crippen LogP contribution in [0.3, 0.4) is 0 Å². The molecule has 24 heavy (non-hydrogen) atoms. The Labute approximate surface area is 137 Å². The van der Waals surface area contributed by atoms with Crippen molar-refractivity contribution in [3.63, 3.8) is 0 Å². The van der Waals surface area contributed by atoms with Crippen molar-refractivity contribution in [3.8, 4) is 11.3 Å². The summed E-state index contributed by atoms with van der Waals surface area (Å²) in [6, 6.07) is 1.86. The van der Waals surface area contributed by atoms with E-state index in [1.807, 2.05) is 19.3 Å². The van der Waals surface area contributed by atoms with Crippen molar-refractivity contribution in [2.24, 2.45) is 7.05 Å². The van der Waals surface area contributed by atoms with Crippen molar-refractivity contribution in [1.29, 1.82) is 0 Å². The predicted octanol–water partition coefficient (Wildman–Crippen LogP) is 2.15. The third-order valence-corrected chi connectivity index (χ3v) is 4.02. The summed E-state index contributed by atoms with van der Waals surface area (Å²) in [7, 11) is 1.83. The van der Waals surface area contributed by atoms with Gasteiger partial charge in [0.15, 0.2) is 5.76 Å². The lowest BCUT2D eigenvalue weighted by molar-refractivity contribution is -0.145. The Balaban J connectivity index is 1.56. The zero-order chi connectivity index (χ0) is 17.2. The Morgan fingerprint density at radius 3 is 2.62 bits per heavy atom. The largest absolute Gasteiger partial charge is 0.401 e. The second-order valence-electron chi connectivity index (χ2n) is 6.10. The SMILES string of the molecule is Cn1cc(-c2cc(CN3CCCN(CC(F)(F)F)CC3)on2)cn1. The van der Waals surface area contributed by atoms with Gasteiger partial charge in [-0.1, -0.05) is 5.16 Å². The number of alkyl halides is 3. The van der Waals surface area contributed by atoms with Crippen molar-refractivity contribution in [2.75, 3.05) is 32.7 Å². The zero-order valence-corrected chi connectivity index (χ0v) is 13.5. The molecule has 0 N–H and O–H groups in total. The van der Waals surface area contributed by atoms with Gasteiger partial charge in [-0.15, -0.1) is 0 Å². The Bertz CT molecular complexity index is 666. The van der Waals surface area contributed by atoms with E-state index in [1.165, 1.54) is 4.90 Å². The molecule has 0 aliphatic carbocycles. The van der Waals surface area contributed by atoms with Crippen LogP contribution in [-0.4, -0.2) is 63.6 Å². The van der Waals surface area contributed by atoms with E-state index in [1.54, 1.807) is 10.9 Å². The van der Waals surface area contributed by atoms with Crippen molar-refractivity contribution >= 4 is 0 Å². The molecule has 0 atom stereocenters. The van der Waals surface area contributed by atoms with Crippen LogP contribution in [0.5, 0.6) is 0 Å². The molecule has 0 bridgehead atoms. The van der Waals surface area contributed by atoms with E-state index < -0.39 is 12.7 Å². The van der Waals surface area contributed by atoms with Crippen LogP contribution in [0.1, 0.15) is 12.2 Å². The molecular weight excluding hydrogens is 323 g/mol. The van der Waals surface area contributed by atoms with E-state index in [2.05, 4.69) is 15.2 Å². The molecule has 3 heterocycles. The molecule has 1 aliphatic rings. The summed E-state index contributed by atoms with van der Waals surface area (Å²) in [5, 5.41) is 8.13. The third-order valence-electron chi connectivity index (χ3n) is 4.02. The molecule has 9 heteroatoms. The summed E-state index contributed by atoms with van der Waals surface area (Å²) in [5.41, 5.74) is 1.59. The molecule has 0 aromatic carbocycles. The van der Waals surface area contributed by atoms with Gasteiger partial charge >= 0.3 is 6.18 Å². The molecule has 1 fully saturated rings. The first-order chi connectivity index (χ1) is 11.4. The minimum atomic E-state index is -4.14. The minimum absolute atomic E-state index is 0.406. The van der Waals surface area contributed by atoms with Gasteiger partial charge in [0.05, 0.1) is 19.3 Å². The summed E-state index contributed by atoms with van der Waals surface area (Å²) in [6.07, 6.45) is 0.129. The van der Waals surface area contributed by atoms with Gasteiger partial charge in [-0.2, -0.15) is 18.3 Å². The maximum absolute atomic E-state index is 12.5. The maximum atomic E-state index is 12.5. The number of rotatable bonds is 4. The van der Waals surface area contributed by atoms with Gasteiger partial charge in [-0.05, 0) is 19.5 Å². The number of hydrogen-bond acceptors (Lipinski definition) is 5. The predicted molar refractivity (Wildman–Crippen MR) is 81.1 cm³/mol.